The molecule has 1 saturated carbocycles. The van der Waals surface area contributed by atoms with Gasteiger partial charge in [-0.25, -0.2) is 4.98 Å². The molecule has 3 heterocycles. The Labute approximate surface area is 275 Å². The summed E-state index contributed by atoms with van der Waals surface area (Å²) in [4.78, 5) is 71.2. The fourth-order valence-electron chi connectivity index (χ4n) is 6.07. The standard InChI is InChI=1S/C32H23N5O6S3/c38-27-22(30(41)36(31(44)34-27)18-6-2-1-3-7-18)14-17-10-13-25(24(15-17)37(42)43)45-32-33-23-12-11-19(16-26(23)46-32)35-28(39)20-8-4-5-9-21(20)29(35)40/h1-3,6-7,10-16,20-21H,4-5,8-9H2,(H,34,38,44)/b22-14+/t20-,21+. The number of para-hydroxylation sites is 1. The van der Waals surface area contributed by atoms with E-state index in [1.807, 2.05) is 0 Å². The van der Waals surface area contributed by atoms with Crippen molar-refractivity contribution >= 4 is 97.4 Å². The maximum absolute atomic E-state index is 13.3. The Morgan fingerprint density at radius 3 is 2.35 bits per heavy atom. The number of hydrogen-bond acceptors (Lipinski definition) is 10. The number of carbonyl (C=O) groups is 4. The van der Waals surface area contributed by atoms with E-state index in [4.69, 9.17) is 12.2 Å². The molecule has 1 aromatic heterocycles. The number of nitrogens with one attached hydrogen (secondary N) is 1. The second kappa shape index (κ2) is 11.9. The molecule has 2 atom stereocenters. The van der Waals surface area contributed by atoms with Crippen molar-refractivity contribution in [1.82, 2.24) is 10.3 Å². The van der Waals surface area contributed by atoms with Gasteiger partial charge in [-0.15, -0.1) is 11.3 Å². The summed E-state index contributed by atoms with van der Waals surface area (Å²) in [6.07, 6.45) is 4.65. The molecule has 1 aliphatic carbocycles. The molecule has 3 fully saturated rings. The second-order valence-electron chi connectivity index (χ2n) is 11.0. The normalized spacial score (nSPS) is 20.9. The summed E-state index contributed by atoms with van der Waals surface area (Å²) < 4.78 is 1.27. The molecular formula is C32H23N5O6S3. The van der Waals surface area contributed by atoms with Crippen LogP contribution < -0.4 is 15.1 Å². The molecule has 0 bridgehead atoms. The predicted octanol–water partition coefficient (Wildman–Crippen LogP) is 5.87. The Morgan fingerprint density at radius 2 is 1.65 bits per heavy atom. The summed E-state index contributed by atoms with van der Waals surface area (Å²) in [5.41, 5.74) is 1.45. The Morgan fingerprint density at radius 1 is 0.935 bits per heavy atom. The Kier molecular flexibility index (Phi) is 7.71. The summed E-state index contributed by atoms with van der Waals surface area (Å²) in [5, 5.41) is 14.6. The van der Waals surface area contributed by atoms with Crippen molar-refractivity contribution in [2.24, 2.45) is 11.8 Å². The lowest BCUT2D eigenvalue weighted by Gasteiger charge is -2.28. The van der Waals surface area contributed by atoms with E-state index in [9.17, 15) is 29.3 Å². The Balaban J connectivity index is 1.15. The zero-order valence-electron chi connectivity index (χ0n) is 23.9. The number of nitro groups is 1. The minimum Gasteiger partial charge on any atom is -0.298 e. The molecule has 230 valence electrons. The van der Waals surface area contributed by atoms with Crippen LogP contribution in [0.5, 0.6) is 0 Å². The van der Waals surface area contributed by atoms with Gasteiger partial charge in [0, 0.05) is 6.07 Å². The van der Waals surface area contributed by atoms with Crippen LogP contribution in [0.2, 0.25) is 0 Å². The lowest BCUT2D eigenvalue weighted by atomic mass is 9.81. The van der Waals surface area contributed by atoms with Gasteiger partial charge in [-0.2, -0.15) is 0 Å². The maximum atomic E-state index is 13.3. The molecule has 2 saturated heterocycles. The molecule has 11 nitrogen and oxygen atoms in total. The van der Waals surface area contributed by atoms with Gasteiger partial charge in [-0.1, -0.05) is 48.9 Å². The van der Waals surface area contributed by atoms with E-state index in [2.05, 4.69) is 10.3 Å². The largest absolute Gasteiger partial charge is 0.298 e. The lowest BCUT2D eigenvalue weighted by Crippen LogP contribution is -2.54. The number of aromatic nitrogens is 1. The highest BCUT2D eigenvalue weighted by Gasteiger charge is 2.48. The van der Waals surface area contributed by atoms with Gasteiger partial charge in [0.25, 0.3) is 17.5 Å². The average molecular weight is 670 g/mol. The Bertz CT molecular complexity index is 2000. The molecule has 4 amide bonds. The molecule has 0 radical (unpaired) electrons. The summed E-state index contributed by atoms with van der Waals surface area (Å²) in [6, 6.07) is 18.2. The number of thiocarbonyl (C=S) groups is 1. The van der Waals surface area contributed by atoms with E-state index in [0.29, 0.717) is 26.1 Å². The van der Waals surface area contributed by atoms with Crippen molar-refractivity contribution in [3.63, 3.8) is 0 Å². The number of thiazole rings is 1. The van der Waals surface area contributed by atoms with Crippen molar-refractivity contribution in [1.29, 1.82) is 0 Å². The van der Waals surface area contributed by atoms with Crippen molar-refractivity contribution in [2.45, 2.75) is 34.9 Å². The highest BCUT2D eigenvalue weighted by Crippen LogP contribution is 2.43. The minimum absolute atomic E-state index is 0.0596. The zero-order valence-corrected chi connectivity index (χ0v) is 26.3. The van der Waals surface area contributed by atoms with Crippen molar-refractivity contribution in [3.05, 3.63) is 88.0 Å². The van der Waals surface area contributed by atoms with Gasteiger partial charge < -0.3 is 0 Å². The van der Waals surface area contributed by atoms with Gasteiger partial charge >= 0.3 is 0 Å². The van der Waals surface area contributed by atoms with Crippen LogP contribution in [0, 0.1) is 22.0 Å². The van der Waals surface area contributed by atoms with Gasteiger partial charge in [0.05, 0.1) is 43.2 Å². The molecule has 14 heteroatoms. The molecule has 1 N–H and O–H groups in total. The molecular weight excluding hydrogens is 647 g/mol. The molecule has 7 rings (SSSR count). The average Bonchev–Trinajstić information content (AvgIpc) is 3.56. The number of rotatable bonds is 6. The van der Waals surface area contributed by atoms with Gasteiger partial charge in [-0.05, 0) is 73.1 Å². The zero-order chi connectivity index (χ0) is 32.1. The van der Waals surface area contributed by atoms with Crippen LogP contribution in [-0.2, 0) is 19.2 Å². The first-order chi connectivity index (χ1) is 22.2. The van der Waals surface area contributed by atoms with E-state index in [1.165, 1.54) is 33.3 Å². The molecule has 46 heavy (non-hydrogen) atoms. The Hall–Kier alpha value is -4.79. The third-order valence-corrected chi connectivity index (χ3v) is 10.7. The van der Waals surface area contributed by atoms with Crippen LogP contribution in [0.1, 0.15) is 31.2 Å². The van der Waals surface area contributed by atoms with Crippen LogP contribution in [0.25, 0.3) is 16.3 Å². The maximum Gasteiger partial charge on any atom is 0.283 e. The van der Waals surface area contributed by atoms with Gasteiger partial charge in [0.1, 0.15) is 5.57 Å². The number of imide groups is 1. The first kappa shape index (κ1) is 29.9. The van der Waals surface area contributed by atoms with Crippen LogP contribution in [0.15, 0.2) is 81.5 Å². The van der Waals surface area contributed by atoms with E-state index in [-0.39, 0.29) is 45.6 Å². The monoisotopic (exact) mass is 669 g/mol. The number of amides is 4. The molecule has 0 unspecified atom stereocenters. The molecule has 0 spiro atoms. The quantitative estimate of drug-likeness (QED) is 0.0666. The smallest absolute Gasteiger partial charge is 0.283 e. The predicted molar refractivity (Wildman–Crippen MR) is 177 cm³/mol. The number of carbonyl (C=O) groups excluding carboxylic acids is 4. The molecule has 4 aromatic rings. The van der Waals surface area contributed by atoms with Crippen molar-refractivity contribution in [3.8, 4) is 0 Å². The number of fused-ring (bicyclic) bond motifs is 2. The third kappa shape index (κ3) is 5.27. The van der Waals surface area contributed by atoms with Gasteiger partial charge in [0.2, 0.25) is 11.8 Å². The van der Waals surface area contributed by atoms with Crippen LogP contribution in [0.4, 0.5) is 17.1 Å². The first-order valence-electron chi connectivity index (χ1n) is 14.4. The number of benzene rings is 3. The third-order valence-electron chi connectivity index (χ3n) is 8.26. The molecule has 3 aliphatic rings. The fraction of sp³-hybridized carbons (Fsp3) is 0.188. The minimum atomic E-state index is -0.701. The first-order valence-corrected chi connectivity index (χ1v) is 16.4. The summed E-state index contributed by atoms with van der Waals surface area (Å²) in [5.74, 6) is -2.16. The van der Waals surface area contributed by atoms with E-state index >= 15 is 0 Å². The fourth-order valence-corrected chi connectivity index (χ4v) is 8.50. The van der Waals surface area contributed by atoms with Crippen LogP contribution >= 0.6 is 35.3 Å². The van der Waals surface area contributed by atoms with E-state index < -0.39 is 16.7 Å². The summed E-state index contributed by atoms with van der Waals surface area (Å²) >= 11 is 7.62. The number of anilines is 2. The molecule has 2 aliphatic heterocycles. The van der Waals surface area contributed by atoms with Crippen LogP contribution in [0.3, 0.4) is 0 Å². The van der Waals surface area contributed by atoms with Crippen molar-refractivity contribution in [2.75, 3.05) is 9.80 Å². The SMILES string of the molecule is O=C1NC(=S)N(c2ccccc2)C(=O)/C1=C/c1ccc(Sc2nc3ccc(N4C(=O)[C@H]5CCCC[C@H]5C4=O)cc3s2)c([N+](=O)[O-])c1. The molecule has 3 aromatic carbocycles. The highest BCUT2D eigenvalue weighted by molar-refractivity contribution is 8.01. The number of hydrogen-bond donors (Lipinski definition) is 1. The topological polar surface area (TPSA) is 143 Å². The number of nitro benzene ring substituents is 1. The highest BCUT2D eigenvalue weighted by atomic mass is 32.2. The summed E-state index contributed by atoms with van der Waals surface area (Å²) in [6.45, 7) is 0. The van der Waals surface area contributed by atoms with E-state index in [0.717, 1.165) is 42.1 Å². The number of nitrogens with zero attached hydrogens (tertiary/aromatic N) is 4. The summed E-state index contributed by atoms with van der Waals surface area (Å²) in [7, 11) is 0. The second-order valence-corrected chi connectivity index (χ2v) is 13.7. The van der Waals surface area contributed by atoms with Gasteiger partial charge in [0.15, 0.2) is 9.45 Å². The van der Waals surface area contributed by atoms with Crippen LogP contribution in [-0.4, -0.2) is 38.6 Å². The van der Waals surface area contributed by atoms with Crippen molar-refractivity contribution < 1.29 is 24.1 Å². The lowest BCUT2D eigenvalue weighted by molar-refractivity contribution is -0.387. The van der Waals surface area contributed by atoms with Gasteiger partial charge in [-0.3, -0.25) is 44.4 Å². The van der Waals surface area contributed by atoms with E-state index in [1.54, 1.807) is 60.7 Å².